The number of aromatic nitrogens is 4. The van der Waals surface area contributed by atoms with Crippen LogP contribution in [-0.4, -0.2) is 69.9 Å². The van der Waals surface area contributed by atoms with Crippen molar-refractivity contribution < 1.29 is 0 Å². The second kappa shape index (κ2) is 9.52. The summed E-state index contributed by atoms with van der Waals surface area (Å²) in [4.78, 5) is 18.2. The Kier molecular flexibility index (Phi) is 6.84. The highest BCUT2D eigenvalue weighted by Crippen LogP contribution is 2.11. The number of piperazine rings is 1. The minimum Gasteiger partial charge on any atom is -0.357 e. The number of nitrogens with zero attached hydrogens (tertiary/aromatic N) is 7. The van der Waals surface area contributed by atoms with Crippen LogP contribution >= 0.6 is 0 Å². The zero-order valence-corrected chi connectivity index (χ0v) is 17.5. The minimum atomic E-state index is 0.422. The summed E-state index contributed by atoms with van der Waals surface area (Å²) in [7, 11) is 0. The van der Waals surface area contributed by atoms with Crippen molar-refractivity contribution in [2.45, 2.75) is 34.2 Å². The Morgan fingerprint density at radius 1 is 1.18 bits per heavy atom. The van der Waals surface area contributed by atoms with E-state index >= 15 is 0 Å². The van der Waals surface area contributed by atoms with Gasteiger partial charge in [-0.05, 0) is 38.8 Å². The van der Waals surface area contributed by atoms with E-state index in [2.05, 4.69) is 61.7 Å². The van der Waals surface area contributed by atoms with Gasteiger partial charge in [-0.15, -0.1) is 0 Å². The van der Waals surface area contributed by atoms with E-state index in [1.165, 1.54) is 5.69 Å². The van der Waals surface area contributed by atoms with Gasteiger partial charge < -0.3 is 15.1 Å². The Hall–Kier alpha value is -2.64. The fourth-order valence-corrected chi connectivity index (χ4v) is 3.45. The summed E-state index contributed by atoms with van der Waals surface area (Å²) in [5.74, 6) is 2.23. The van der Waals surface area contributed by atoms with Gasteiger partial charge in [0.25, 0.3) is 0 Å². The Morgan fingerprint density at radius 3 is 2.50 bits per heavy atom. The van der Waals surface area contributed by atoms with Crippen LogP contribution < -0.4 is 10.2 Å². The van der Waals surface area contributed by atoms with Gasteiger partial charge in [-0.1, -0.05) is 6.92 Å². The van der Waals surface area contributed by atoms with Crippen molar-refractivity contribution >= 4 is 11.9 Å². The van der Waals surface area contributed by atoms with Crippen LogP contribution in [0.25, 0.3) is 0 Å². The second-order valence-corrected chi connectivity index (χ2v) is 7.43. The molecule has 0 saturated carbocycles. The van der Waals surface area contributed by atoms with Crippen LogP contribution in [0.15, 0.2) is 29.5 Å². The Bertz CT molecular complexity index is 762. The molecule has 28 heavy (non-hydrogen) atoms. The maximum Gasteiger partial charge on any atom is 0.225 e. The summed E-state index contributed by atoms with van der Waals surface area (Å²) in [6.07, 6.45) is 3.59. The molecule has 1 fully saturated rings. The quantitative estimate of drug-likeness (QED) is 0.604. The summed E-state index contributed by atoms with van der Waals surface area (Å²) in [5, 5.41) is 8.01. The molecule has 3 rings (SSSR count). The lowest BCUT2D eigenvalue weighted by Gasteiger charge is -2.36. The Morgan fingerprint density at radius 2 is 1.89 bits per heavy atom. The van der Waals surface area contributed by atoms with Crippen LogP contribution in [-0.2, 0) is 6.54 Å². The van der Waals surface area contributed by atoms with E-state index in [4.69, 9.17) is 4.99 Å². The third-order valence-corrected chi connectivity index (χ3v) is 4.89. The molecule has 2 aromatic rings. The third kappa shape index (κ3) is 5.21. The highest BCUT2D eigenvalue weighted by atomic mass is 15.4. The van der Waals surface area contributed by atoms with Crippen LogP contribution in [0.4, 0.5) is 5.95 Å². The first kappa shape index (κ1) is 20.1. The monoisotopic (exact) mass is 384 g/mol. The van der Waals surface area contributed by atoms with Crippen molar-refractivity contribution in [3.8, 4) is 0 Å². The van der Waals surface area contributed by atoms with E-state index in [-0.39, 0.29) is 0 Å². The van der Waals surface area contributed by atoms with Gasteiger partial charge in [0.1, 0.15) is 0 Å². The number of hydrogen-bond donors (Lipinski definition) is 1. The normalized spacial score (nSPS) is 16.4. The highest BCUT2D eigenvalue weighted by Gasteiger charge is 2.21. The summed E-state index contributed by atoms with van der Waals surface area (Å²) in [5.41, 5.74) is 2.28. The van der Waals surface area contributed by atoms with E-state index in [9.17, 15) is 0 Å². The molecule has 152 valence electrons. The van der Waals surface area contributed by atoms with E-state index < -0.39 is 0 Å². The molecule has 1 atom stereocenters. The largest absolute Gasteiger partial charge is 0.357 e. The van der Waals surface area contributed by atoms with Crippen molar-refractivity contribution in [3.05, 3.63) is 35.9 Å². The molecule has 1 aliphatic heterocycles. The maximum atomic E-state index is 4.91. The van der Waals surface area contributed by atoms with Gasteiger partial charge in [0.15, 0.2) is 5.96 Å². The Balaban J connectivity index is 1.56. The number of nitrogens with one attached hydrogen (secondary N) is 1. The van der Waals surface area contributed by atoms with Crippen LogP contribution in [0.1, 0.15) is 25.2 Å². The lowest BCUT2D eigenvalue weighted by molar-refractivity contribution is 0.367. The van der Waals surface area contributed by atoms with Gasteiger partial charge in [0.05, 0.1) is 5.69 Å². The molecule has 0 spiro atoms. The molecule has 1 N–H and O–H groups in total. The van der Waals surface area contributed by atoms with Gasteiger partial charge in [-0.2, -0.15) is 5.10 Å². The van der Waals surface area contributed by atoms with Gasteiger partial charge in [0, 0.05) is 63.9 Å². The molecule has 0 amide bonds. The average molecular weight is 385 g/mol. The molecule has 0 aliphatic carbocycles. The van der Waals surface area contributed by atoms with Crippen molar-refractivity contribution in [2.75, 3.05) is 44.2 Å². The summed E-state index contributed by atoms with van der Waals surface area (Å²) >= 11 is 0. The molecule has 0 bridgehead atoms. The minimum absolute atomic E-state index is 0.422. The van der Waals surface area contributed by atoms with Crippen LogP contribution in [0.5, 0.6) is 0 Å². The van der Waals surface area contributed by atoms with Crippen LogP contribution in [0.2, 0.25) is 0 Å². The molecule has 3 heterocycles. The van der Waals surface area contributed by atoms with Gasteiger partial charge in [0.2, 0.25) is 5.95 Å². The first-order valence-corrected chi connectivity index (χ1v) is 10.1. The third-order valence-electron chi connectivity index (χ3n) is 4.89. The summed E-state index contributed by atoms with van der Waals surface area (Å²) in [6.45, 7) is 14.7. The lowest BCUT2D eigenvalue weighted by atomic mass is 10.2. The van der Waals surface area contributed by atoms with Crippen molar-refractivity contribution in [1.29, 1.82) is 0 Å². The van der Waals surface area contributed by atoms with Crippen molar-refractivity contribution in [1.82, 2.24) is 30.0 Å². The van der Waals surface area contributed by atoms with Gasteiger partial charge >= 0.3 is 0 Å². The predicted octanol–water partition coefficient (Wildman–Crippen LogP) is 1.71. The van der Waals surface area contributed by atoms with Crippen LogP contribution in [0.3, 0.4) is 0 Å². The van der Waals surface area contributed by atoms with Gasteiger partial charge in [-0.25, -0.2) is 9.97 Å². The van der Waals surface area contributed by atoms with Gasteiger partial charge in [-0.3, -0.25) is 9.67 Å². The number of anilines is 1. The van der Waals surface area contributed by atoms with E-state index in [1.54, 1.807) is 12.4 Å². The summed E-state index contributed by atoms with van der Waals surface area (Å²) < 4.78 is 2.08. The van der Waals surface area contributed by atoms with E-state index in [1.807, 2.05) is 13.0 Å². The first-order chi connectivity index (χ1) is 13.6. The SMILES string of the molecule is CCNC(=NCC(C)Cn1nc(C)cc1C)N1CCN(c2ncccn2)CC1. The molecule has 1 unspecified atom stereocenters. The van der Waals surface area contributed by atoms with E-state index in [0.29, 0.717) is 5.92 Å². The number of hydrogen-bond acceptors (Lipinski definition) is 5. The number of aryl methyl sites for hydroxylation is 2. The molecule has 2 aromatic heterocycles. The zero-order valence-electron chi connectivity index (χ0n) is 17.5. The van der Waals surface area contributed by atoms with Crippen molar-refractivity contribution in [3.63, 3.8) is 0 Å². The molecule has 0 aromatic carbocycles. The molecule has 8 heteroatoms. The fourth-order valence-electron chi connectivity index (χ4n) is 3.45. The molecular formula is C20H32N8. The van der Waals surface area contributed by atoms with Crippen LogP contribution in [0, 0.1) is 19.8 Å². The number of rotatable bonds is 6. The topological polar surface area (TPSA) is 74.5 Å². The molecule has 8 nitrogen and oxygen atoms in total. The summed E-state index contributed by atoms with van der Waals surface area (Å²) in [6, 6.07) is 3.97. The standard InChI is InChI=1S/C20H32N8/c1-5-21-19(24-14-16(2)15-28-18(4)13-17(3)25-28)26-9-11-27(12-10-26)20-22-7-6-8-23-20/h6-8,13,16H,5,9-12,14-15H2,1-4H3,(H,21,24). The molecule has 1 aliphatic rings. The highest BCUT2D eigenvalue weighted by molar-refractivity contribution is 5.80. The molecule has 0 radical (unpaired) electrons. The predicted molar refractivity (Wildman–Crippen MR) is 113 cm³/mol. The van der Waals surface area contributed by atoms with E-state index in [0.717, 1.165) is 63.4 Å². The first-order valence-electron chi connectivity index (χ1n) is 10.1. The molecule has 1 saturated heterocycles. The van der Waals surface area contributed by atoms with Crippen molar-refractivity contribution in [2.24, 2.45) is 10.9 Å². The smallest absolute Gasteiger partial charge is 0.225 e. The fraction of sp³-hybridized carbons (Fsp3) is 0.600. The number of aliphatic imine (C=N–C) groups is 1. The second-order valence-electron chi connectivity index (χ2n) is 7.43. The Labute approximate surface area is 167 Å². The number of guanidine groups is 1. The molecular weight excluding hydrogens is 352 g/mol. The zero-order chi connectivity index (χ0) is 19.9. The maximum absolute atomic E-state index is 4.91. The average Bonchev–Trinajstić information content (AvgIpc) is 3.02. The lowest BCUT2D eigenvalue weighted by Crippen LogP contribution is -2.53.